The van der Waals surface area contributed by atoms with Crippen molar-refractivity contribution < 1.29 is 28.6 Å². The highest BCUT2D eigenvalue weighted by Gasteiger charge is 2.19. The van der Waals surface area contributed by atoms with Crippen LogP contribution in [-0.2, 0) is 28.6 Å². The Morgan fingerprint density at radius 2 is 0.500 bits per heavy atom. The van der Waals surface area contributed by atoms with Crippen molar-refractivity contribution in [1.82, 2.24) is 0 Å². The van der Waals surface area contributed by atoms with Gasteiger partial charge in [-0.05, 0) is 103 Å². The first-order valence-corrected chi connectivity index (χ1v) is 32.9. The highest BCUT2D eigenvalue weighted by Crippen LogP contribution is 2.17. The minimum Gasteiger partial charge on any atom is -0.462 e. The number of rotatable bonds is 59. The van der Waals surface area contributed by atoms with Crippen LogP contribution in [-0.4, -0.2) is 37.2 Å². The molecule has 0 saturated heterocycles. The molecular formula is C72H122O6. The first-order chi connectivity index (χ1) is 38.5. The maximum Gasteiger partial charge on any atom is 0.306 e. The molecule has 0 aliphatic heterocycles. The van der Waals surface area contributed by atoms with E-state index in [0.717, 1.165) is 116 Å². The fraction of sp³-hybridized carbons (Fsp3) is 0.708. The third-order valence-electron chi connectivity index (χ3n) is 14.0. The molecule has 446 valence electrons. The normalized spacial score (nSPS) is 12.8. The Labute approximate surface area is 482 Å². The first kappa shape index (κ1) is 74.1. The average Bonchev–Trinajstić information content (AvgIpc) is 3.44. The zero-order chi connectivity index (χ0) is 56.4. The van der Waals surface area contributed by atoms with Gasteiger partial charge in [-0.2, -0.15) is 0 Å². The summed E-state index contributed by atoms with van der Waals surface area (Å²) in [6, 6.07) is 0. The molecule has 0 aliphatic carbocycles. The number of esters is 3. The number of allylic oxidation sites excluding steroid dienone is 18. The molecule has 0 spiro atoms. The lowest BCUT2D eigenvalue weighted by molar-refractivity contribution is -0.167. The van der Waals surface area contributed by atoms with E-state index in [1.165, 1.54) is 148 Å². The number of carbonyl (C=O) groups excluding carboxylic acids is 3. The third kappa shape index (κ3) is 62.9. The van der Waals surface area contributed by atoms with E-state index in [9.17, 15) is 14.4 Å². The summed E-state index contributed by atoms with van der Waals surface area (Å²) in [6.07, 6.45) is 89.8. The van der Waals surface area contributed by atoms with Gasteiger partial charge in [-0.15, -0.1) is 0 Å². The second kappa shape index (κ2) is 65.6. The topological polar surface area (TPSA) is 78.9 Å². The predicted octanol–water partition coefficient (Wildman–Crippen LogP) is 22.6. The van der Waals surface area contributed by atoms with Crippen LogP contribution in [0.5, 0.6) is 0 Å². The Hall–Kier alpha value is -3.93. The quantitative estimate of drug-likeness (QED) is 0.0261. The first-order valence-electron chi connectivity index (χ1n) is 32.9. The molecular weight excluding hydrogens is 961 g/mol. The Morgan fingerprint density at radius 1 is 0.269 bits per heavy atom. The van der Waals surface area contributed by atoms with Crippen LogP contribution in [0.15, 0.2) is 109 Å². The molecule has 1 atom stereocenters. The number of ether oxygens (including phenoxy) is 3. The Balaban J connectivity index is 4.35. The van der Waals surface area contributed by atoms with Gasteiger partial charge in [-0.25, -0.2) is 0 Å². The van der Waals surface area contributed by atoms with Crippen molar-refractivity contribution in [3.63, 3.8) is 0 Å². The molecule has 0 N–H and O–H groups in total. The standard InChI is InChI=1S/C72H122O6/c1-4-7-10-13-16-19-22-25-27-29-31-33-34-35-36-37-39-40-42-44-47-50-53-56-59-62-65-71(74)77-68-69(67-76-70(73)64-61-58-55-52-49-46-24-21-18-15-12-9-6-3)78-72(75)66-63-60-57-54-51-48-45-43-41-38-32-30-28-26-23-20-17-14-11-8-5-2/h8-9,11-12,17-18,20-21,26,28,32,38,43,45-46,49,51,54,69H,4-7,10,13-16,19,22-25,27,29-31,33-37,39-42,44,47-48,50,52-53,55-68H2,1-3H3/b11-8-,12-9-,20-17-,21-18-,28-26-,38-32-,45-43-,49-46-,54-51-. The van der Waals surface area contributed by atoms with Crippen molar-refractivity contribution in [1.29, 1.82) is 0 Å². The molecule has 0 bridgehead atoms. The Bertz CT molecular complexity index is 1570. The van der Waals surface area contributed by atoms with Crippen LogP contribution in [0.25, 0.3) is 0 Å². The second-order valence-electron chi connectivity index (χ2n) is 21.6. The maximum atomic E-state index is 12.9. The molecule has 0 saturated carbocycles. The van der Waals surface area contributed by atoms with Gasteiger partial charge in [-0.1, -0.05) is 297 Å². The fourth-order valence-corrected chi connectivity index (χ4v) is 9.17. The molecule has 0 fully saturated rings. The number of unbranched alkanes of at least 4 members (excludes halogenated alkanes) is 30. The smallest absolute Gasteiger partial charge is 0.306 e. The Kier molecular flexibility index (Phi) is 62.3. The molecule has 0 aromatic heterocycles. The number of carbonyl (C=O) groups is 3. The monoisotopic (exact) mass is 1080 g/mol. The fourth-order valence-electron chi connectivity index (χ4n) is 9.17. The zero-order valence-corrected chi connectivity index (χ0v) is 51.2. The zero-order valence-electron chi connectivity index (χ0n) is 51.2. The maximum absolute atomic E-state index is 12.9. The molecule has 0 amide bonds. The van der Waals surface area contributed by atoms with Crippen molar-refractivity contribution >= 4 is 17.9 Å². The second-order valence-corrected chi connectivity index (χ2v) is 21.6. The van der Waals surface area contributed by atoms with Gasteiger partial charge in [0.1, 0.15) is 13.2 Å². The Morgan fingerprint density at radius 3 is 0.808 bits per heavy atom. The van der Waals surface area contributed by atoms with Crippen molar-refractivity contribution in [3.05, 3.63) is 109 Å². The van der Waals surface area contributed by atoms with E-state index in [2.05, 4.69) is 130 Å². The van der Waals surface area contributed by atoms with E-state index < -0.39 is 6.10 Å². The van der Waals surface area contributed by atoms with Crippen LogP contribution < -0.4 is 0 Å². The number of hydrogen-bond donors (Lipinski definition) is 0. The summed E-state index contributed by atoms with van der Waals surface area (Å²) in [4.78, 5) is 38.3. The van der Waals surface area contributed by atoms with Crippen LogP contribution >= 0.6 is 0 Å². The van der Waals surface area contributed by atoms with Crippen LogP contribution in [0, 0.1) is 0 Å². The van der Waals surface area contributed by atoms with E-state index in [1.807, 2.05) is 0 Å². The molecule has 0 aromatic carbocycles. The summed E-state index contributed by atoms with van der Waals surface area (Å²) in [6.45, 7) is 6.38. The van der Waals surface area contributed by atoms with Gasteiger partial charge in [0.2, 0.25) is 0 Å². The van der Waals surface area contributed by atoms with E-state index in [0.29, 0.717) is 19.3 Å². The lowest BCUT2D eigenvalue weighted by Crippen LogP contribution is -2.30. The van der Waals surface area contributed by atoms with Crippen molar-refractivity contribution in [2.45, 2.75) is 316 Å². The highest BCUT2D eigenvalue weighted by molar-refractivity contribution is 5.71. The summed E-state index contributed by atoms with van der Waals surface area (Å²) in [5, 5.41) is 0. The molecule has 78 heavy (non-hydrogen) atoms. The van der Waals surface area contributed by atoms with Crippen molar-refractivity contribution in [2.75, 3.05) is 13.2 Å². The average molecular weight is 1080 g/mol. The lowest BCUT2D eigenvalue weighted by atomic mass is 10.0. The highest BCUT2D eigenvalue weighted by atomic mass is 16.6. The van der Waals surface area contributed by atoms with Gasteiger partial charge in [0.25, 0.3) is 0 Å². The van der Waals surface area contributed by atoms with Crippen LogP contribution in [0.1, 0.15) is 310 Å². The molecule has 6 nitrogen and oxygen atoms in total. The molecule has 0 aromatic rings. The van der Waals surface area contributed by atoms with Gasteiger partial charge in [-0.3, -0.25) is 14.4 Å². The predicted molar refractivity (Wildman–Crippen MR) is 339 cm³/mol. The lowest BCUT2D eigenvalue weighted by Gasteiger charge is -2.18. The summed E-state index contributed by atoms with van der Waals surface area (Å²) < 4.78 is 16.9. The third-order valence-corrected chi connectivity index (χ3v) is 14.0. The van der Waals surface area contributed by atoms with Crippen LogP contribution in [0.3, 0.4) is 0 Å². The molecule has 0 radical (unpaired) electrons. The van der Waals surface area contributed by atoms with Gasteiger partial charge in [0.15, 0.2) is 6.10 Å². The summed E-state index contributed by atoms with van der Waals surface area (Å²) in [7, 11) is 0. The van der Waals surface area contributed by atoms with E-state index in [-0.39, 0.29) is 37.5 Å². The number of hydrogen-bond acceptors (Lipinski definition) is 6. The van der Waals surface area contributed by atoms with Gasteiger partial charge >= 0.3 is 17.9 Å². The van der Waals surface area contributed by atoms with Gasteiger partial charge in [0.05, 0.1) is 0 Å². The molecule has 1 unspecified atom stereocenters. The van der Waals surface area contributed by atoms with Crippen molar-refractivity contribution in [3.8, 4) is 0 Å². The largest absolute Gasteiger partial charge is 0.462 e. The van der Waals surface area contributed by atoms with E-state index >= 15 is 0 Å². The van der Waals surface area contributed by atoms with Crippen LogP contribution in [0.4, 0.5) is 0 Å². The van der Waals surface area contributed by atoms with E-state index in [4.69, 9.17) is 14.2 Å². The van der Waals surface area contributed by atoms with Crippen LogP contribution in [0.2, 0.25) is 0 Å². The summed E-state index contributed by atoms with van der Waals surface area (Å²) in [5.74, 6) is -0.971. The molecule has 0 heterocycles. The van der Waals surface area contributed by atoms with Crippen molar-refractivity contribution in [2.24, 2.45) is 0 Å². The molecule has 0 aliphatic rings. The van der Waals surface area contributed by atoms with Gasteiger partial charge < -0.3 is 14.2 Å². The minimum absolute atomic E-state index is 0.104. The minimum atomic E-state index is -0.815. The summed E-state index contributed by atoms with van der Waals surface area (Å²) >= 11 is 0. The van der Waals surface area contributed by atoms with E-state index in [1.54, 1.807) is 0 Å². The molecule has 6 heteroatoms. The SMILES string of the molecule is CC/C=C\C/C=C\C/C=C\C/C=C\C/C=C\C/C=C\CCCCC(=O)OC(COC(=O)CCCCC/C=C\C/C=C\C/C=C\CC)COC(=O)CCCCCCCCCCCCCCCCCCCCCCCCCCCC. The van der Waals surface area contributed by atoms with Gasteiger partial charge in [0, 0.05) is 19.3 Å². The summed E-state index contributed by atoms with van der Waals surface area (Å²) in [5.41, 5.74) is 0. The molecule has 0 rings (SSSR count).